The molecule has 0 fully saturated rings. The molecular weight excluding hydrogens is 256 g/mol. The lowest BCUT2D eigenvalue weighted by atomic mass is 10.2. The van der Waals surface area contributed by atoms with Gasteiger partial charge in [-0.25, -0.2) is 9.78 Å². The molecule has 0 unspecified atom stereocenters. The molecule has 0 saturated carbocycles. The van der Waals surface area contributed by atoms with Crippen molar-refractivity contribution in [3.8, 4) is 5.88 Å². The van der Waals surface area contributed by atoms with E-state index in [2.05, 4.69) is 9.97 Å². The summed E-state index contributed by atoms with van der Waals surface area (Å²) >= 11 is 5.78. The van der Waals surface area contributed by atoms with Crippen LogP contribution in [-0.2, 0) is 9.53 Å². The van der Waals surface area contributed by atoms with Crippen molar-refractivity contribution in [1.29, 1.82) is 0 Å². The van der Waals surface area contributed by atoms with Crippen LogP contribution < -0.4 is 4.74 Å². The van der Waals surface area contributed by atoms with E-state index < -0.39 is 5.97 Å². The van der Waals surface area contributed by atoms with Crippen molar-refractivity contribution < 1.29 is 14.3 Å². The zero-order valence-corrected chi connectivity index (χ0v) is 10.5. The summed E-state index contributed by atoms with van der Waals surface area (Å²) in [5, 5.41) is 0.777. The van der Waals surface area contributed by atoms with Crippen molar-refractivity contribution in [2.75, 3.05) is 13.2 Å². The predicted octanol–water partition coefficient (Wildman–Crippen LogP) is 2.23. The van der Waals surface area contributed by atoms with Crippen LogP contribution >= 0.6 is 11.6 Å². The van der Waals surface area contributed by atoms with E-state index in [1.807, 2.05) is 12.1 Å². The van der Waals surface area contributed by atoms with Gasteiger partial charge in [0.05, 0.1) is 17.5 Å². The number of ether oxygens (including phenoxy) is 2. The topological polar surface area (TPSA) is 61.3 Å². The van der Waals surface area contributed by atoms with Crippen LogP contribution in [0.2, 0.25) is 5.28 Å². The van der Waals surface area contributed by atoms with Gasteiger partial charge in [-0.2, -0.15) is 4.98 Å². The summed E-state index contributed by atoms with van der Waals surface area (Å²) in [6, 6.07) is 7.25. The van der Waals surface area contributed by atoms with E-state index >= 15 is 0 Å². The van der Waals surface area contributed by atoms with Gasteiger partial charge in [0.2, 0.25) is 11.2 Å². The summed E-state index contributed by atoms with van der Waals surface area (Å²) < 4.78 is 10.1. The zero-order valence-electron chi connectivity index (χ0n) is 9.72. The fraction of sp³-hybridized carbons (Fsp3) is 0.250. The molecule has 2 rings (SSSR count). The standard InChI is InChI=1S/C12H11ClN2O3/c1-2-17-10(16)7-18-11-8-5-3-4-6-9(8)14-12(13)15-11/h3-6H,2,7H2,1H3. The van der Waals surface area contributed by atoms with Gasteiger partial charge >= 0.3 is 5.97 Å². The normalized spacial score (nSPS) is 10.3. The summed E-state index contributed by atoms with van der Waals surface area (Å²) in [5.41, 5.74) is 0.663. The average molecular weight is 267 g/mol. The highest BCUT2D eigenvalue weighted by atomic mass is 35.5. The molecule has 0 aliphatic rings. The van der Waals surface area contributed by atoms with E-state index in [-0.39, 0.29) is 17.8 Å². The molecule has 6 heteroatoms. The molecule has 0 radical (unpaired) electrons. The third kappa shape index (κ3) is 2.87. The van der Waals surface area contributed by atoms with E-state index in [1.54, 1.807) is 19.1 Å². The summed E-state index contributed by atoms with van der Waals surface area (Å²) in [4.78, 5) is 19.2. The minimum atomic E-state index is -0.448. The van der Waals surface area contributed by atoms with Crippen LogP contribution in [0, 0.1) is 0 Å². The quantitative estimate of drug-likeness (QED) is 0.627. The highest BCUT2D eigenvalue weighted by Crippen LogP contribution is 2.23. The summed E-state index contributed by atoms with van der Waals surface area (Å²) in [5.74, 6) is -0.171. The van der Waals surface area contributed by atoms with Crippen LogP contribution in [0.15, 0.2) is 24.3 Å². The Kier molecular flexibility index (Phi) is 3.94. The largest absolute Gasteiger partial charge is 0.465 e. The molecular formula is C12H11ClN2O3. The minimum Gasteiger partial charge on any atom is -0.465 e. The smallest absolute Gasteiger partial charge is 0.344 e. The Morgan fingerprint density at radius 1 is 1.33 bits per heavy atom. The van der Waals surface area contributed by atoms with Crippen molar-refractivity contribution in [2.45, 2.75) is 6.92 Å². The molecule has 0 atom stereocenters. The number of hydrogen-bond acceptors (Lipinski definition) is 5. The Hall–Kier alpha value is -1.88. The molecule has 0 aliphatic carbocycles. The number of rotatable bonds is 4. The van der Waals surface area contributed by atoms with E-state index in [0.29, 0.717) is 17.5 Å². The molecule has 0 bridgehead atoms. The first-order valence-corrected chi connectivity index (χ1v) is 5.79. The molecule has 0 saturated heterocycles. The maximum atomic E-state index is 11.2. The average Bonchev–Trinajstić information content (AvgIpc) is 2.36. The molecule has 94 valence electrons. The van der Waals surface area contributed by atoms with Crippen molar-refractivity contribution in [3.05, 3.63) is 29.5 Å². The van der Waals surface area contributed by atoms with Gasteiger partial charge in [0.25, 0.3) is 0 Å². The summed E-state index contributed by atoms with van der Waals surface area (Å²) in [6.07, 6.45) is 0. The van der Waals surface area contributed by atoms with E-state index in [4.69, 9.17) is 21.1 Å². The molecule has 0 aliphatic heterocycles. The number of halogens is 1. The molecule has 0 spiro atoms. The first-order valence-electron chi connectivity index (χ1n) is 5.41. The molecule has 5 nitrogen and oxygen atoms in total. The van der Waals surface area contributed by atoms with Crippen molar-refractivity contribution in [1.82, 2.24) is 9.97 Å². The van der Waals surface area contributed by atoms with Crippen molar-refractivity contribution in [2.24, 2.45) is 0 Å². The number of carbonyl (C=O) groups is 1. The Morgan fingerprint density at radius 2 is 2.11 bits per heavy atom. The van der Waals surface area contributed by atoms with Crippen LogP contribution in [0.25, 0.3) is 10.9 Å². The Morgan fingerprint density at radius 3 is 2.89 bits per heavy atom. The molecule has 1 aromatic heterocycles. The lowest BCUT2D eigenvalue weighted by Gasteiger charge is -2.07. The van der Waals surface area contributed by atoms with Crippen LogP contribution in [0.3, 0.4) is 0 Å². The van der Waals surface area contributed by atoms with Gasteiger partial charge in [0.15, 0.2) is 6.61 Å². The number of benzene rings is 1. The third-order valence-electron chi connectivity index (χ3n) is 2.17. The first-order chi connectivity index (χ1) is 8.70. The van der Waals surface area contributed by atoms with Gasteiger partial charge < -0.3 is 9.47 Å². The zero-order chi connectivity index (χ0) is 13.0. The third-order valence-corrected chi connectivity index (χ3v) is 2.34. The number of esters is 1. The maximum absolute atomic E-state index is 11.2. The number of carbonyl (C=O) groups excluding carboxylic acids is 1. The van der Waals surface area contributed by atoms with Gasteiger partial charge in [-0.1, -0.05) is 12.1 Å². The number of fused-ring (bicyclic) bond motifs is 1. The fourth-order valence-corrected chi connectivity index (χ4v) is 1.63. The molecule has 1 aromatic carbocycles. The van der Waals surface area contributed by atoms with Gasteiger partial charge in [-0.05, 0) is 30.7 Å². The van der Waals surface area contributed by atoms with E-state index in [9.17, 15) is 4.79 Å². The van der Waals surface area contributed by atoms with Gasteiger partial charge in [-0.3, -0.25) is 0 Å². The van der Waals surface area contributed by atoms with Crippen LogP contribution in [0.1, 0.15) is 6.92 Å². The second kappa shape index (κ2) is 5.64. The molecule has 18 heavy (non-hydrogen) atoms. The lowest BCUT2D eigenvalue weighted by Crippen LogP contribution is -2.15. The SMILES string of the molecule is CCOC(=O)COc1nc(Cl)nc2ccccc12. The molecule has 0 amide bonds. The number of para-hydroxylation sites is 1. The number of nitrogens with zero attached hydrogens (tertiary/aromatic N) is 2. The predicted molar refractivity (Wildman–Crippen MR) is 66.7 cm³/mol. The van der Waals surface area contributed by atoms with E-state index in [0.717, 1.165) is 0 Å². The highest BCUT2D eigenvalue weighted by Gasteiger charge is 2.10. The number of hydrogen-bond donors (Lipinski definition) is 0. The number of aromatic nitrogens is 2. The van der Waals surface area contributed by atoms with Crippen LogP contribution in [0.5, 0.6) is 5.88 Å². The Bertz CT molecular complexity index is 574. The Balaban J connectivity index is 2.24. The minimum absolute atomic E-state index is 0.0764. The molecule has 2 aromatic rings. The Labute approximate surface area is 109 Å². The van der Waals surface area contributed by atoms with Gasteiger partial charge in [-0.15, -0.1) is 0 Å². The van der Waals surface area contributed by atoms with Crippen LogP contribution in [0.4, 0.5) is 0 Å². The lowest BCUT2D eigenvalue weighted by molar-refractivity contribution is -0.145. The highest BCUT2D eigenvalue weighted by molar-refractivity contribution is 6.28. The summed E-state index contributed by atoms with van der Waals surface area (Å²) in [7, 11) is 0. The molecule has 0 N–H and O–H groups in total. The first kappa shape index (κ1) is 12.6. The summed E-state index contributed by atoms with van der Waals surface area (Å²) in [6.45, 7) is 1.84. The monoisotopic (exact) mass is 266 g/mol. The van der Waals surface area contributed by atoms with Gasteiger partial charge in [0, 0.05) is 0 Å². The fourth-order valence-electron chi connectivity index (χ4n) is 1.46. The van der Waals surface area contributed by atoms with Crippen LogP contribution in [-0.4, -0.2) is 29.2 Å². The maximum Gasteiger partial charge on any atom is 0.344 e. The second-order valence-electron chi connectivity index (χ2n) is 3.41. The second-order valence-corrected chi connectivity index (χ2v) is 3.75. The van der Waals surface area contributed by atoms with Gasteiger partial charge in [0.1, 0.15) is 0 Å². The molecule has 1 heterocycles. The van der Waals surface area contributed by atoms with E-state index in [1.165, 1.54) is 0 Å². The van der Waals surface area contributed by atoms with Crippen molar-refractivity contribution >= 4 is 28.5 Å². The van der Waals surface area contributed by atoms with Crippen molar-refractivity contribution in [3.63, 3.8) is 0 Å².